The number of amides is 1. The first-order chi connectivity index (χ1) is 18.2. The normalized spacial score (nSPS) is 11.1. The molecule has 180 valence electrons. The molecule has 1 amide bonds. The molecular formula is C29H21FN6O. The van der Waals surface area contributed by atoms with Crippen molar-refractivity contribution in [3.8, 4) is 22.5 Å². The highest BCUT2D eigenvalue weighted by Crippen LogP contribution is 2.29. The Bertz CT molecular complexity index is 1690. The number of fused-ring (bicyclic) bond motifs is 1. The van der Waals surface area contributed by atoms with Gasteiger partial charge >= 0.3 is 0 Å². The SMILES string of the molecule is O=C(Nc1c(-c2ccc(F)cc2)ncn1Cc1ccccc1)c1cnn2c(-c3ccccc3)ccnc12. The standard InChI is InChI=1S/C29H21FN6O/c30-23-13-11-22(12-14-23)26-28(35(19-32-26)18-20-7-3-1-4-8-20)34-29(37)24-17-33-36-25(15-16-31-27(24)36)21-9-5-2-6-10-21/h1-17,19H,18H2,(H,34,37). The van der Waals surface area contributed by atoms with Crippen molar-refractivity contribution in [3.63, 3.8) is 0 Å². The lowest BCUT2D eigenvalue weighted by molar-refractivity contribution is 0.102. The van der Waals surface area contributed by atoms with Gasteiger partial charge in [0.05, 0.1) is 24.8 Å². The van der Waals surface area contributed by atoms with E-state index in [4.69, 9.17) is 0 Å². The molecule has 0 aliphatic rings. The summed E-state index contributed by atoms with van der Waals surface area (Å²) in [4.78, 5) is 22.6. The Morgan fingerprint density at radius 3 is 2.32 bits per heavy atom. The minimum atomic E-state index is -0.370. The van der Waals surface area contributed by atoms with E-state index in [1.165, 1.54) is 18.3 Å². The molecule has 0 spiro atoms. The van der Waals surface area contributed by atoms with Crippen LogP contribution in [-0.4, -0.2) is 30.1 Å². The van der Waals surface area contributed by atoms with E-state index in [0.29, 0.717) is 34.8 Å². The molecule has 0 aliphatic carbocycles. The van der Waals surface area contributed by atoms with Crippen LogP contribution in [0.3, 0.4) is 0 Å². The molecule has 0 atom stereocenters. The number of aromatic nitrogens is 5. The van der Waals surface area contributed by atoms with Crippen molar-refractivity contribution in [1.29, 1.82) is 0 Å². The second kappa shape index (κ2) is 9.50. The van der Waals surface area contributed by atoms with Crippen LogP contribution in [0, 0.1) is 5.82 Å². The van der Waals surface area contributed by atoms with Crippen molar-refractivity contribution in [1.82, 2.24) is 24.1 Å². The summed E-state index contributed by atoms with van der Waals surface area (Å²) in [5.41, 5.74) is 4.83. The summed E-state index contributed by atoms with van der Waals surface area (Å²) in [7, 11) is 0. The minimum absolute atomic E-state index is 0.329. The van der Waals surface area contributed by atoms with Crippen molar-refractivity contribution in [3.05, 3.63) is 127 Å². The van der Waals surface area contributed by atoms with E-state index in [1.807, 2.05) is 71.3 Å². The van der Waals surface area contributed by atoms with Crippen LogP contribution in [0.5, 0.6) is 0 Å². The number of carbonyl (C=O) groups excluding carboxylic acids is 1. The molecule has 37 heavy (non-hydrogen) atoms. The summed E-state index contributed by atoms with van der Waals surface area (Å²) in [5, 5.41) is 7.48. The molecule has 3 aromatic carbocycles. The third-order valence-electron chi connectivity index (χ3n) is 6.10. The van der Waals surface area contributed by atoms with Gasteiger partial charge in [-0.15, -0.1) is 0 Å². The van der Waals surface area contributed by atoms with Crippen LogP contribution in [-0.2, 0) is 6.54 Å². The topological polar surface area (TPSA) is 77.1 Å². The number of hydrogen-bond donors (Lipinski definition) is 1. The number of carbonyl (C=O) groups is 1. The fourth-order valence-corrected chi connectivity index (χ4v) is 4.29. The average Bonchev–Trinajstić information content (AvgIpc) is 3.55. The van der Waals surface area contributed by atoms with Gasteiger partial charge in [-0.05, 0) is 35.9 Å². The van der Waals surface area contributed by atoms with Crippen molar-refractivity contribution < 1.29 is 9.18 Å². The molecule has 7 nitrogen and oxygen atoms in total. The summed E-state index contributed by atoms with van der Waals surface area (Å²) >= 11 is 0. The molecule has 0 aliphatic heterocycles. The molecule has 6 rings (SSSR count). The van der Waals surface area contributed by atoms with E-state index in [1.54, 1.807) is 29.2 Å². The molecule has 8 heteroatoms. The summed E-state index contributed by atoms with van der Waals surface area (Å²) in [6.45, 7) is 0.496. The maximum atomic E-state index is 13.6. The Balaban J connectivity index is 1.39. The Morgan fingerprint density at radius 2 is 1.57 bits per heavy atom. The number of rotatable bonds is 6. The molecule has 1 N–H and O–H groups in total. The van der Waals surface area contributed by atoms with Gasteiger partial charge in [0.2, 0.25) is 0 Å². The van der Waals surface area contributed by atoms with Crippen molar-refractivity contribution in [2.24, 2.45) is 0 Å². The van der Waals surface area contributed by atoms with Gasteiger partial charge in [0.25, 0.3) is 5.91 Å². The zero-order valence-electron chi connectivity index (χ0n) is 19.6. The number of nitrogens with zero attached hydrogens (tertiary/aromatic N) is 5. The van der Waals surface area contributed by atoms with Crippen LogP contribution in [0.1, 0.15) is 15.9 Å². The second-order valence-electron chi connectivity index (χ2n) is 8.51. The van der Waals surface area contributed by atoms with Crippen LogP contribution in [0.25, 0.3) is 28.2 Å². The first-order valence-electron chi connectivity index (χ1n) is 11.7. The van der Waals surface area contributed by atoms with E-state index in [2.05, 4.69) is 20.4 Å². The second-order valence-corrected chi connectivity index (χ2v) is 8.51. The number of halogens is 1. The average molecular weight is 489 g/mol. The molecule has 3 aromatic heterocycles. The van der Waals surface area contributed by atoms with E-state index in [9.17, 15) is 9.18 Å². The van der Waals surface area contributed by atoms with Crippen LogP contribution in [0.15, 0.2) is 110 Å². The summed E-state index contributed by atoms with van der Waals surface area (Å²) < 4.78 is 17.1. The van der Waals surface area contributed by atoms with Crippen LogP contribution >= 0.6 is 0 Å². The highest BCUT2D eigenvalue weighted by atomic mass is 19.1. The quantitative estimate of drug-likeness (QED) is 0.326. The van der Waals surface area contributed by atoms with Crippen LogP contribution < -0.4 is 5.32 Å². The van der Waals surface area contributed by atoms with E-state index in [0.717, 1.165) is 16.8 Å². The smallest absolute Gasteiger partial charge is 0.262 e. The van der Waals surface area contributed by atoms with Gasteiger partial charge in [-0.25, -0.2) is 18.9 Å². The molecule has 0 bridgehead atoms. The molecular weight excluding hydrogens is 467 g/mol. The fraction of sp³-hybridized carbons (Fsp3) is 0.0345. The lowest BCUT2D eigenvalue weighted by Gasteiger charge is -2.12. The van der Waals surface area contributed by atoms with Gasteiger partial charge in [-0.3, -0.25) is 4.79 Å². The maximum Gasteiger partial charge on any atom is 0.262 e. The van der Waals surface area contributed by atoms with Crippen molar-refractivity contribution >= 4 is 17.4 Å². The van der Waals surface area contributed by atoms with E-state index < -0.39 is 0 Å². The number of nitrogens with one attached hydrogen (secondary N) is 1. The largest absolute Gasteiger partial charge is 0.312 e. The van der Waals surface area contributed by atoms with Crippen LogP contribution in [0.4, 0.5) is 10.2 Å². The number of benzene rings is 3. The molecule has 0 saturated carbocycles. The summed E-state index contributed by atoms with van der Waals surface area (Å²) in [6, 6.07) is 27.6. The van der Waals surface area contributed by atoms with Gasteiger partial charge in [-0.2, -0.15) is 5.10 Å². The van der Waals surface area contributed by atoms with Gasteiger partial charge < -0.3 is 9.88 Å². The molecule has 0 fully saturated rings. The molecule has 0 radical (unpaired) electrons. The fourth-order valence-electron chi connectivity index (χ4n) is 4.29. The maximum absolute atomic E-state index is 13.6. The number of hydrogen-bond acceptors (Lipinski definition) is 4. The number of anilines is 1. The lowest BCUT2D eigenvalue weighted by atomic mass is 10.1. The Morgan fingerprint density at radius 1 is 0.838 bits per heavy atom. The zero-order valence-corrected chi connectivity index (χ0v) is 19.6. The highest BCUT2D eigenvalue weighted by Gasteiger charge is 2.21. The Kier molecular flexibility index (Phi) is 5.74. The third-order valence-corrected chi connectivity index (χ3v) is 6.10. The summed E-state index contributed by atoms with van der Waals surface area (Å²) in [5.74, 6) is -0.213. The van der Waals surface area contributed by atoms with E-state index >= 15 is 0 Å². The van der Waals surface area contributed by atoms with Crippen molar-refractivity contribution in [2.75, 3.05) is 5.32 Å². The van der Waals surface area contributed by atoms with Crippen LogP contribution in [0.2, 0.25) is 0 Å². The number of imidazole rings is 1. The third kappa shape index (κ3) is 4.36. The van der Waals surface area contributed by atoms with Gasteiger partial charge in [0, 0.05) is 17.3 Å². The van der Waals surface area contributed by atoms with Gasteiger partial charge in [0.1, 0.15) is 22.9 Å². The van der Waals surface area contributed by atoms with Gasteiger partial charge in [-0.1, -0.05) is 60.7 Å². The monoisotopic (exact) mass is 488 g/mol. The first kappa shape index (κ1) is 22.4. The predicted octanol–water partition coefficient (Wildman–Crippen LogP) is 5.70. The molecule has 6 aromatic rings. The Labute approximate surface area is 211 Å². The molecule has 3 heterocycles. The lowest BCUT2D eigenvalue weighted by Crippen LogP contribution is -2.16. The Hall–Kier alpha value is -5.11. The summed E-state index contributed by atoms with van der Waals surface area (Å²) in [6.07, 6.45) is 4.85. The highest BCUT2D eigenvalue weighted by molar-refractivity contribution is 6.09. The minimum Gasteiger partial charge on any atom is -0.312 e. The van der Waals surface area contributed by atoms with Crippen molar-refractivity contribution in [2.45, 2.75) is 6.54 Å². The predicted molar refractivity (Wildman–Crippen MR) is 140 cm³/mol. The zero-order chi connectivity index (χ0) is 25.2. The molecule has 0 unspecified atom stereocenters. The first-order valence-corrected chi connectivity index (χ1v) is 11.7. The molecule has 0 saturated heterocycles. The van der Waals surface area contributed by atoms with E-state index in [-0.39, 0.29) is 11.7 Å². The van der Waals surface area contributed by atoms with Gasteiger partial charge in [0.15, 0.2) is 5.65 Å².